The highest BCUT2D eigenvalue weighted by Crippen LogP contribution is 2.23. The highest BCUT2D eigenvalue weighted by atomic mass is 35.5. The predicted molar refractivity (Wildman–Crippen MR) is 253 cm³/mol. The molecule has 1 aliphatic rings. The molecule has 68 heavy (non-hydrogen) atoms. The third kappa shape index (κ3) is 16.8. The zero-order valence-corrected chi connectivity index (χ0v) is 38.9. The van der Waals surface area contributed by atoms with Crippen molar-refractivity contribution in [1.82, 2.24) is 35.3 Å². The molecule has 0 radical (unpaired) electrons. The van der Waals surface area contributed by atoms with Crippen molar-refractivity contribution in [2.24, 2.45) is 0 Å². The average molecular weight is 978 g/mol. The van der Waals surface area contributed by atoms with Gasteiger partial charge in [-0.05, 0) is 74.4 Å². The Labute approximate surface area is 400 Å². The number of anilines is 2. The summed E-state index contributed by atoms with van der Waals surface area (Å²) >= 11 is 5.83. The maximum Gasteiger partial charge on any atom is 0.280 e. The first-order valence-electron chi connectivity index (χ1n) is 22.6. The number of aliphatic hydroxyl groups is 10. The van der Waals surface area contributed by atoms with Gasteiger partial charge in [-0.1, -0.05) is 60.1 Å². The molecule has 2 aromatic carbocycles. The van der Waals surface area contributed by atoms with Gasteiger partial charge in [0.15, 0.2) is 28.4 Å². The van der Waals surface area contributed by atoms with E-state index in [9.17, 15) is 50.4 Å². The van der Waals surface area contributed by atoms with E-state index in [0.717, 1.165) is 41.5 Å². The molecule has 17 N–H and O–H groups in total. The molecule has 0 saturated carbocycles. The zero-order chi connectivity index (χ0) is 50.1. The first kappa shape index (κ1) is 55.9. The number of nitrogen functional groups attached to an aromatic ring is 2. The number of nitrogens with one attached hydrogen (secondary N) is 3. The number of nitrogens with two attached hydrogens (primary N) is 2. The summed E-state index contributed by atoms with van der Waals surface area (Å²) in [5.74, 6) is -1.17. The Balaban J connectivity index is 1.17. The molecule has 0 unspecified atom stereocenters. The van der Waals surface area contributed by atoms with Gasteiger partial charge in [-0.3, -0.25) is 30.1 Å². The molecule has 3 aromatic rings. The van der Waals surface area contributed by atoms with Gasteiger partial charge in [0.25, 0.3) is 5.91 Å². The zero-order valence-electron chi connectivity index (χ0n) is 38.2. The van der Waals surface area contributed by atoms with E-state index in [4.69, 9.17) is 38.7 Å². The van der Waals surface area contributed by atoms with Crippen LogP contribution in [0, 0.1) is 5.41 Å². The lowest BCUT2D eigenvalue weighted by Gasteiger charge is -2.40. The van der Waals surface area contributed by atoms with Crippen molar-refractivity contribution in [2.45, 2.75) is 100 Å². The summed E-state index contributed by atoms with van der Waals surface area (Å²) < 4.78 is 0. The number of aromatic nitrogens is 2. The van der Waals surface area contributed by atoms with Gasteiger partial charge in [0.1, 0.15) is 36.6 Å². The van der Waals surface area contributed by atoms with Gasteiger partial charge in [-0.25, -0.2) is 9.97 Å². The van der Waals surface area contributed by atoms with Crippen LogP contribution in [0.15, 0.2) is 48.5 Å². The number of piperazine rings is 1. The molecule has 2 heterocycles. The van der Waals surface area contributed by atoms with Crippen molar-refractivity contribution in [3.8, 4) is 11.1 Å². The van der Waals surface area contributed by atoms with Crippen molar-refractivity contribution >= 4 is 41.0 Å². The minimum absolute atomic E-state index is 0.0481. The first-order chi connectivity index (χ1) is 32.3. The number of hydrogen-bond donors (Lipinski definition) is 15. The number of benzene rings is 2. The van der Waals surface area contributed by atoms with Gasteiger partial charge in [0.2, 0.25) is 5.91 Å². The SMILES string of the molecule is C[C@@H]1CN(CCCN(C[C@H](O)[C@@H](O)[C@H](O)[C@H](O)CO)C[C@H](O)[C@@H](O)[C@H](O)[C@H](O)CO)CCN1C(=O)CCc1ccc(-c2ccc(CCCCNC(=N)NC(=O)c3nc(Cl)c(N)nc3N)cc2)cc1. The molecule has 4 rings (SSSR count). The number of unbranched alkanes of at least 4 members (excludes halogenated alkanes) is 1. The molecule has 2 amide bonds. The second kappa shape index (κ2) is 27.5. The summed E-state index contributed by atoms with van der Waals surface area (Å²) in [5, 5.41) is 113. The highest BCUT2D eigenvalue weighted by molar-refractivity contribution is 6.31. The summed E-state index contributed by atoms with van der Waals surface area (Å²) in [6.45, 7) is 2.52. The van der Waals surface area contributed by atoms with E-state index >= 15 is 0 Å². The van der Waals surface area contributed by atoms with Gasteiger partial charge >= 0.3 is 0 Å². The average Bonchev–Trinajstić information content (AvgIpc) is 3.32. The largest absolute Gasteiger partial charge is 0.394 e. The van der Waals surface area contributed by atoms with Crippen molar-refractivity contribution in [2.75, 3.05) is 77.0 Å². The summed E-state index contributed by atoms with van der Waals surface area (Å²) in [6.07, 6.45) is -10.4. The number of nitrogens with zero attached hydrogens (tertiary/aromatic N) is 5. The van der Waals surface area contributed by atoms with Crippen LogP contribution in [0.4, 0.5) is 11.6 Å². The third-order valence-corrected chi connectivity index (χ3v) is 12.2. The molecule has 1 aromatic heterocycles. The van der Waals surface area contributed by atoms with E-state index in [2.05, 4.69) is 49.8 Å². The number of halogens is 1. The minimum Gasteiger partial charge on any atom is -0.394 e. The Hall–Kier alpha value is -4.66. The van der Waals surface area contributed by atoms with Crippen LogP contribution in [0.1, 0.15) is 54.2 Å². The van der Waals surface area contributed by atoms with E-state index < -0.39 is 68.0 Å². The Morgan fingerprint density at radius 1 is 0.765 bits per heavy atom. The molecule has 22 nitrogen and oxygen atoms in total. The van der Waals surface area contributed by atoms with E-state index in [1.807, 2.05) is 36.1 Å². The molecule has 23 heteroatoms. The lowest BCUT2D eigenvalue weighted by Crippen LogP contribution is -2.55. The summed E-state index contributed by atoms with van der Waals surface area (Å²) in [7, 11) is 0. The van der Waals surface area contributed by atoms with Crippen LogP contribution in [0.2, 0.25) is 5.15 Å². The minimum atomic E-state index is -1.87. The maximum atomic E-state index is 13.4. The molecule has 9 atom stereocenters. The molecule has 1 aliphatic heterocycles. The third-order valence-electron chi connectivity index (χ3n) is 11.9. The van der Waals surface area contributed by atoms with Crippen LogP contribution < -0.4 is 22.1 Å². The topological polar surface area (TPSA) is 372 Å². The molecule has 1 saturated heterocycles. The lowest BCUT2D eigenvalue weighted by atomic mass is 9.99. The smallest absolute Gasteiger partial charge is 0.280 e. The number of carbonyl (C=O) groups excluding carboxylic acids is 2. The van der Waals surface area contributed by atoms with Gasteiger partial charge < -0.3 is 72.7 Å². The number of aryl methyl sites for hydroxylation is 2. The fraction of sp³-hybridized carbons (Fsp3) is 0.578. The van der Waals surface area contributed by atoms with Crippen LogP contribution in [-0.2, 0) is 17.6 Å². The normalized spacial score (nSPS) is 18.0. The summed E-state index contributed by atoms with van der Waals surface area (Å²) in [5.41, 5.74) is 15.3. The van der Waals surface area contributed by atoms with E-state index in [0.29, 0.717) is 52.0 Å². The number of hydrogen-bond acceptors (Lipinski definition) is 19. The van der Waals surface area contributed by atoms with E-state index in [-0.39, 0.29) is 60.0 Å². The number of aliphatic hydroxyl groups excluding tert-OH is 10. The van der Waals surface area contributed by atoms with Crippen LogP contribution >= 0.6 is 11.6 Å². The van der Waals surface area contributed by atoms with Crippen LogP contribution in [-0.4, -0.2) is 214 Å². The van der Waals surface area contributed by atoms with Gasteiger partial charge in [0, 0.05) is 51.7 Å². The van der Waals surface area contributed by atoms with Crippen molar-refractivity contribution in [1.29, 1.82) is 5.41 Å². The van der Waals surface area contributed by atoms with Gasteiger partial charge in [-0.2, -0.15) is 0 Å². The van der Waals surface area contributed by atoms with Crippen molar-refractivity contribution in [3.63, 3.8) is 0 Å². The molecule has 378 valence electrons. The molecular formula is C45H69ClN10O12. The fourth-order valence-corrected chi connectivity index (χ4v) is 8.00. The summed E-state index contributed by atoms with van der Waals surface area (Å²) in [6, 6.07) is 16.4. The Kier molecular flexibility index (Phi) is 22.6. The second-order valence-electron chi connectivity index (χ2n) is 17.2. The number of amides is 2. The van der Waals surface area contributed by atoms with Crippen molar-refractivity contribution in [3.05, 3.63) is 70.5 Å². The number of rotatable bonds is 26. The fourth-order valence-electron chi connectivity index (χ4n) is 7.87. The number of carbonyl (C=O) groups is 2. The Morgan fingerprint density at radius 2 is 1.29 bits per heavy atom. The molecule has 0 aliphatic carbocycles. The number of guanidine groups is 1. The van der Waals surface area contributed by atoms with Crippen molar-refractivity contribution < 1.29 is 60.7 Å². The molecule has 1 fully saturated rings. The first-order valence-corrected chi connectivity index (χ1v) is 23.0. The Morgan fingerprint density at radius 3 is 1.82 bits per heavy atom. The summed E-state index contributed by atoms with van der Waals surface area (Å²) in [4.78, 5) is 38.9. The standard InChI is InChI=1S/C45H69ClN10O12/c1-26-21-54(17-4-18-55(22-31(59)37(64)39(66)33(61)24-57)23-32(60)38(65)40(67)34(62)25-58)19-20-56(26)35(63)15-10-28-8-13-30(14-9-28)29-11-6-27(7-12-29)5-2-3-16-50-45(49)53-44(68)36-42(47)52-43(48)41(46)51-36/h6-9,11-14,26,31-34,37-40,57-62,64-67H,2-5,10,15-25H2,1H3,(H4,47,48,52)(H3,49,50,53,68)/t26-,31+,32+,33-,34-,37-,38-,39-,40-/m1/s1. The quantitative estimate of drug-likeness (QED) is 0.0221. The van der Waals surface area contributed by atoms with Crippen LogP contribution in [0.5, 0.6) is 0 Å². The highest BCUT2D eigenvalue weighted by Gasteiger charge is 2.35. The molecule has 0 spiro atoms. The van der Waals surface area contributed by atoms with E-state index in [1.54, 1.807) is 0 Å². The van der Waals surface area contributed by atoms with Gasteiger partial charge in [-0.15, -0.1) is 0 Å². The van der Waals surface area contributed by atoms with Crippen LogP contribution in [0.3, 0.4) is 0 Å². The predicted octanol–water partition coefficient (Wildman–Crippen LogP) is -2.73. The van der Waals surface area contributed by atoms with Crippen LogP contribution in [0.25, 0.3) is 11.1 Å². The Bertz CT molecular complexity index is 2010. The lowest BCUT2D eigenvalue weighted by molar-refractivity contribution is -0.135. The molecular weight excluding hydrogens is 908 g/mol. The maximum absolute atomic E-state index is 13.4. The van der Waals surface area contributed by atoms with E-state index in [1.165, 1.54) is 4.90 Å². The second-order valence-corrected chi connectivity index (χ2v) is 17.5. The van der Waals surface area contributed by atoms with Gasteiger partial charge in [0.05, 0.1) is 25.4 Å². The monoisotopic (exact) mass is 976 g/mol. The molecule has 0 bridgehead atoms.